The molecule has 0 saturated heterocycles. The van der Waals surface area contributed by atoms with Crippen molar-refractivity contribution in [2.75, 3.05) is 35.9 Å². The number of methoxy groups -OCH3 is 2. The highest BCUT2D eigenvalue weighted by Gasteiger charge is 2.39. The number of nitrogens with zero attached hydrogens (tertiary/aromatic N) is 4. The minimum Gasteiger partial charge on any atom is -0.493 e. The van der Waals surface area contributed by atoms with E-state index < -0.39 is 54.4 Å². The Balaban J connectivity index is 2.05. The molecule has 3 rings (SSSR count). The van der Waals surface area contributed by atoms with E-state index in [-0.39, 0.29) is 35.3 Å². The van der Waals surface area contributed by atoms with Gasteiger partial charge >= 0.3 is 6.03 Å². The molecule has 0 fully saturated rings. The molecule has 2 aromatic rings. The zero-order valence-electron chi connectivity index (χ0n) is 22.6. The molecule has 40 heavy (non-hydrogen) atoms. The van der Waals surface area contributed by atoms with Crippen LogP contribution in [0.5, 0.6) is 11.5 Å². The molecule has 3 amide bonds. The zero-order valence-corrected chi connectivity index (χ0v) is 22.6. The number of rotatable bonds is 13. The standard InChI is InChI=1S/C26H32F4N6O4/c1-6-9-16(15(7-2)32-20(37)8-3)33-25-31-11-14-12-35(26(38)36(13-19(27)28)24(14)34-25)23-21(29)17(39-4)10-18(40-5)22(23)30/h8,10-11,15-16,19H,3,6-7,9,12-13H2,1-2,4-5H3,(H,32,37)(H,31,33,34). The third kappa shape index (κ3) is 6.37. The first-order valence-electron chi connectivity index (χ1n) is 12.6. The van der Waals surface area contributed by atoms with Gasteiger partial charge in [0.1, 0.15) is 11.5 Å². The van der Waals surface area contributed by atoms with Crippen molar-refractivity contribution in [3.8, 4) is 11.5 Å². The molecule has 2 unspecified atom stereocenters. The van der Waals surface area contributed by atoms with E-state index in [2.05, 4.69) is 27.2 Å². The minimum absolute atomic E-state index is 0.0319. The van der Waals surface area contributed by atoms with Gasteiger partial charge in [0.15, 0.2) is 23.1 Å². The molecule has 10 nitrogen and oxygen atoms in total. The Labute approximate surface area is 229 Å². The van der Waals surface area contributed by atoms with Crippen molar-refractivity contribution in [3.63, 3.8) is 0 Å². The van der Waals surface area contributed by atoms with E-state index in [0.717, 1.165) is 32.8 Å². The summed E-state index contributed by atoms with van der Waals surface area (Å²) in [5.41, 5.74) is -0.648. The molecule has 218 valence electrons. The van der Waals surface area contributed by atoms with Crippen LogP contribution in [0.15, 0.2) is 24.9 Å². The van der Waals surface area contributed by atoms with Crippen molar-refractivity contribution in [2.45, 2.75) is 58.2 Å². The second-order valence-corrected chi connectivity index (χ2v) is 8.94. The van der Waals surface area contributed by atoms with E-state index in [1.54, 1.807) is 0 Å². The fourth-order valence-electron chi connectivity index (χ4n) is 4.45. The van der Waals surface area contributed by atoms with Gasteiger partial charge in [-0.3, -0.25) is 14.6 Å². The number of anilines is 3. The Kier molecular flexibility index (Phi) is 10.1. The lowest BCUT2D eigenvalue weighted by atomic mass is 10.0. The fraction of sp³-hybridized carbons (Fsp3) is 0.462. The lowest BCUT2D eigenvalue weighted by Crippen LogP contribution is -2.50. The van der Waals surface area contributed by atoms with Gasteiger partial charge < -0.3 is 20.1 Å². The van der Waals surface area contributed by atoms with Crippen LogP contribution in [0.25, 0.3) is 0 Å². The Morgan fingerprint density at radius 3 is 2.35 bits per heavy atom. The number of amides is 3. The summed E-state index contributed by atoms with van der Waals surface area (Å²) in [6.07, 6.45) is 1.39. The van der Waals surface area contributed by atoms with Gasteiger partial charge in [-0.25, -0.2) is 27.3 Å². The summed E-state index contributed by atoms with van der Waals surface area (Å²) in [5, 5.41) is 5.97. The largest absolute Gasteiger partial charge is 0.493 e. The summed E-state index contributed by atoms with van der Waals surface area (Å²) in [7, 11) is 2.30. The van der Waals surface area contributed by atoms with Crippen molar-refractivity contribution >= 4 is 29.4 Å². The van der Waals surface area contributed by atoms with Gasteiger partial charge in [-0.15, -0.1) is 0 Å². The van der Waals surface area contributed by atoms with Crippen LogP contribution in [0.3, 0.4) is 0 Å². The number of urea groups is 1. The highest BCUT2D eigenvalue weighted by Crippen LogP contribution is 2.40. The predicted molar refractivity (Wildman–Crippen MR) is 141 cm³/mol. The maximum absolute atomic E-state index is 15.2. The van der Waals surface area contributed by atoms with Crippen LogP contribution < -0.4 is 29.9 Å². The van der Waals surface area contributed by atoms with Gasteiger partial charge in [-0.1, -0.05) is 26.8 Å². The Hall–Kier alpha value is -4.10. The molecule has 2 heterocycles. The second-order valence-electron chi connectivity index (χ2n) is 8.94. The highest BCUT2D eigenvalue weighted by atomic mass is 19.3. The predicted octanol–water partition coefficient (Wildman–Crippen LogP) is 4.65. The average molecular weight is 569 g/mol. The van der Waals surface area contributed by atoms with Crippen molar-refractivity contribution < 1.29 is 36.6 Å². The van der Waals surface area contributed by atoms with E-state index >= 15 is 8.78 Å². The first-order chi connectivity index (χ1) is 19.1. The molecule has 2 atom stereocenters. The molecule has 0 aliphatic carbocycles. The maximum atomic E-state index is 15.2. The summed E-state index contributed by atoms with van der Waals surface area (Å²) in [6.45, 7) is 5.80. The second kappa shape index (κ2) is 13.3. The van der Waals surface area contributed by atoms with Crippen molar-refractivity contribution in [1.29, 1.82) is 0 Å². The molecule has 0 saturated carbocycles. The molecular formula is C26H32F4N6O4. The van der Waals surface area contributed by atoms with Gasteiger partial charge in [-0.2, -0.15) is 4.98 Å². The average Bonchev–Trinajstić information content (AvgIpc) is 2.93. The molecule has 14 heteroatoms. The van der Waals surface area contributed by atoms with Crippen LogP contribution in [-0.4, -0.2) is 61.2 Å². The van der Waals surface area contributed by atoms with Gasteiger partial charge in [0.2, 0.25) is 11.9 Å². The number of alkyl halides is 2. The maximum Gasteiger partial charge on any atom is 0.330 e. The first-order valence-corrected chi connectivity index (χ1v) is 12.6. The molecular weight excluding hydrogens is 536 g/mol. The summed E-state index contributed by atoms with van der Waals surface area (Å²) in [4.78, 5) is 35.3. The van der Waals surface area contributed by atoms with Crippen molar-refractivity contribution in [1.82, 2.24) is 15.3 Å². The number of hydrogen-bond acceptors (Lipinski definition) is 7. The highest BCUT2D eigenvalue weighted by molar-refractivity contribution is 6.06. The summed E-state index contributed by atoms with van der Waals surface area (Å²) >= 11 is 0. The fourth-order valence-corrected chi connectivity index (χ4v) is 4.45. The van der Waals surface area contributed by atoms with Crippen LogP contribution in [0.4, 0.5) is 39.8 Å². The molecule has 1 aromatic heterocycles. The summed E-state index contributed by atoms with van der Waals surface area (Å²) < 4.78 is 67.6. The van der Waals surface area contributed by atoms with Gasteiger partial charge in [0, 0.05) is 29.9 Å². The molecule has 1 aliphatic rings. The number of hydrogen-bond donors (Lipinski definition) is 2. The van der Waals surface area contributed by atoms with Crippen LogP contribution in [0, 0.1) is 11.6 Å². The number of carbonyl (C=O) groups excluding carboxylic acids is 2. The molecule has 0 bridgehead atoms. The van der Waals surface area contributed by atoms with Crippen LogP contribution >= 0.6 is 0 Å². The van der Waals surface area contributed by atoms with E-state index in [4.69, 9.17) is 9.47 Å². The third-order valence-corrected chi connectivity index (χ3v) is 6.38. The quantitative estimate of drug-likeness (QED) is 0.268. The Morgan fingerprint density at radius 2 is 1.82 bits per heavy atom. The van der Waals surface area contributed by atoms with Crippen LogP contribution in [0.1, 0.15) is 38.7 Å². The van der Waals surface area contributed by atoms with Crippen LogP contribution in [-0.2, 0) is 11.3 Å². The summed E-state index contributed by atoms with van der Waals surface area (Å²) in [6, 6.07) is -0.806. The molecule has 2 N–H and O–H groups in total. The molecule has 1 aromatic carbocycles. The Morgan fingerprint density at radius 1 is 1.18 bits per heavy atom. The number of fused-ring (bicyclic) bond motifs is 1. The number of halogens is 4. The Bertz CT molecular complexity index is 1220. The lowest BCUT2D eigenvalue weighted by Gasteiger charge is -2.36. The number of benzene rings is 1. The van der Waals surface area contributed by atoms with Crippen LogP contribution in [0.2, 0.25) is 0 Å². The monoisotopic (exact) mass is 568 g/mol. The van der Waals surface area contributed by atoms with E-state index in [9.17, 15) is 18.4 Å². The molecule has 0 radical (unpaired) electrons. The van der Waals surface area contributed by atoms with Gasteiger partial charge in [-0.05, 0) is 18.9 Å². The van der Waals surface area contributed by atoms with Crippen molar-refractivity contribution in [3.05, 3.63) is 42.1 Å². The number of carbonyl (C=O) groups is 2. The van der Waals surface area contributed by atoms with E-state index in [0.29, 0.717) is 22.6 Å². The SMILES string of the molecule is C=CC(=O)NC(CC)C(CCC)Nc1ncc2c(n1)N(CC(F)F)C(=O)N(c1c(F)c(OC)cc(OC)c1F)C2. The minimum atomic E-state index is -2.98. The number of aromatic nitrogens is 2. The third-order valence-electron chi connectivity index (χ3n) is 6.38. The topological polar surface area (TPSA) is 109 Å². The van der Waals surface area contributed by atoms with Gasteiger partial charge in [0.25, 0.3) is 6.43 Å². The molecule has 1 aliphatic heterocycles. The smallest absolute Gasteiger partial charge is 0.330 e. The normalized spacial score (nSPS) is 14.5. The van der Waals surface area contributed by atoms with E-state index in [1.165, 1.54) is 6.20 Å². The molecule has 0 spiro atoms. The number of ether oxygens (including phenoxy) is 2. The summed E-state index contributed by atoms with van der Waals surface area (Å²) in [5.74, 6) is -3.68. The van der Waals surface area contributed by atoms with E-state index in [1.807, 2.05) is 13.8 Å². The zero-order chi connectivity index (χ0) is 29.6. The first kappa shape index (κ1) is 30.4. The lowest BCUT2D eigenvalue weighted by molar-refractivity contribution is -0.117. The van der Waals surface area contributed by atoms with Crippen molar-refractivity contribution in [2.24, 2.45) is 0 Å². The van der Waals surface area contributed by atoms with Gasteiger partial charge in [0.05, 0.1) is 27.3 Å². The number of nitrogens with one attached hydrogen (secondary N) is 2.